The van der Waals surface area contributed by atoms with Gasteiger partial charge in [-0.2, -0.15) is 0 Å². The molecule has 0 aliphatic carbocycles. The van der Waals surface area contributed by atoms with Crippen molar-refractivity contribution in [1.29, 1.82) is 0 Å². The number of amides is 1. The van der Waals surface area contributed by atoms with Crippen molar-refractivity contribution in [3.05, 3.63) is 12.7 Å². The Hall–Kier alpha value is -0.790. The Morgan fingerprint density at radius 2 is 1.47 bits per heavy atom. The molecule has 100 valence electrons. The summed E-state index contributed by atoms with van der Waals surface area (Å²) in [5, 5.41) is 0. The zero-order valence-electron chi connectivity index (χ0n) is 11.7. The van der Waals surface area contributed by atoms with Crippen molar-refractivity contribution in [2.75, 3.05) is 13.1 Å². The molecule has 0 spiro atoms. The summed E-state index contributed by atoms with van der Waals surface area (Å²) in [5.74, 6) is 0.0898. The summed E-state index contributed by atoms with van der Waals surface area (Å²) in [7, 11) is 0. The molecule has 2 heteroatoms. The number of nitrogens with zero attached hydrogens (tertiary/aromatic N) is 1. The lowest BCUT2D eigenvalue weighted by Crippen LogP contribution is -2.31. The van der Waals surface area contributed by atoms with Gasteiger partial charge in [0.15, 0.2) is 0 Å². The minimum atomic E-state index is 0.0898. The van der Waals surface area contributed by atoms with Crippen molar-refractivity contribution in [1.82, 2.24) is 4.90 Å². The van der Waals surface area contributed by atoms with E-state index < -0.39 is 0 Å². The number of carbonyl (C=O) groups is 1. The maximum atomic E-state index is 11.6. The zero-order valence-corrected chi connectivity index (χ0v) is 11.7. The van der Waals surface area contributed by atoms with Gasteiger partial charge in [-0.1, -0.05) is 59.0 Å². The van der Waals surface area contributed by atoms with E-state index in [2.05, 4.69) is 20.4 Å². The van der Waals surface area contributed by atoms with Crippen LogP contribution in [0.2, 0.25) is 0 Å². The molecule has 0 rings (SSSR count). The van der Waals surface area contributed by atoms with Crippen molar-refractivity contribution < 1.29 is 4.79 Å². The van der Waals surface area contributed by atoms with Crippen LogP contribution in [-0.4, -0.2) is 23.9 Å². The van der Waals surface area contributed by atoms with Crippen LogP contribution in [0.3, 0.4) is 0 Å². The molecule has 0 saturated heterocycles. The van der Waals surface area contributed by atoms with E-state index in [4.69, 9.17) is 0 Å². The normalized spacial score (nSPS) is 10.2. The summed E-state index contributed by atoms with van der Waals surface area (Å²) in [5.41, 5.74) is 0. The van der Waals surface area contributed by atoms with Crippen LogP contribution in [-0.2, 0) is 4.79 Å². The van der Waals surface area contributed by atoms with E-state index in [-0.39, 0.29) is 5.91 Å². The van der Waals surface area contributed by atoms with Gasteiger partial charge in [-0.15, -0.1) is 0 Å². The highest BCUT2D eigenvalue weighted by Crippen LogP contribution is 2.07. The fraction of sp³-hybridized carbons (Fsp3) is 0.800. The highest BCUT2D eigenvalue weighted by molar-refractivity contribution is 5.86. The highest BCUT2D eigenvalue weighted by atomic mass is 16.2. The topological polar surface area (TPSA) is 20.3 Å². The lowest BCUT2D eigenvalue weighted by atomic mass is 10.1. The second-order valence-electron chi connectivity index (χ2n) is 4.65. The lowest BCUT2D eigenvalue weighted by molar-refractivity contribution is -0.126. The van der Waals surface area contributed by atoms with Gasteiger partial charge in [-0.25, -0.2) is 0 Å². The first-order valence-corrected chi connectivity index (χ1v) is 7.17. The van der Waals surface area contributed by atoms with E-state index >= 15 is 0 Å². The van der Waals surface area contributed by atoms with Gasteiger partial charge in [-0.3, -0.25) is 4.79 Å². The second kappa shape index (κ2) is 11.7. The van der Waals surface area contributed by atoms with E-state index in [9.17, 15) is 4.79 Å². The second-order valence-corrected chi connectivity index (χ2v) is 4.65. The summed E-state index contributed by atoms with van der Waals surface area (Å²) in [6, 6.07) is 0. The van der Waals surface area contributed by atoms with Crippen LogP contribution in [0.1, 0.15) is 65.2 Å². The first kappa shape index (κ1) is 16.2. The third-order valence-electron chi connectivity index (χ3n) is 3.05. The Kier molecular flexibility index (Phi) is 11.1. The van der Waals surface area contributed by atoms with Crippen molar-refractivity contribution in [3.8, 4) is 0 Å². The van der Waals surface area contributed by atoms with Crippen LogP contribution in [0.5, 0.6) is 0 Å². The maximum Gasteiger partial charge on any atom is 0.245 e. The Morgan fingerprint density at radius 1 is 0.941 bits per heavy atom. The first-order chi connectivity index (χ1) is 8.26. The predicted octanol–water partition coefficient (Wildman–Crippen LogP) is 4.16. The molecule has 0 aliphatic heterocycles. The maximum absolute atomic E-state index is 11.6. The van der Waals surface area contributed by atoms with Gasteiger partial charge in [-0.05, 0) is 18.9 Å². The SMILES string of the molecule is C=CC(=O)N(CCCC)CCCCCCCC. The van der Waals surface area contributed by atoms with E-state index in [1.807, 2.05) is 4.90 Å². The summed E-state index contributed by atoms with van der Waals surface area (Å²) in [6.07, 6.45) is 11.3. The average Bonchev–Trinajstić information content (AvgIpc) is 2.36. The fourth-order valence-electron chi connectivity index (χ4n) is 1.89. The molecule has 0 aromatic heterocycles. The van der Waals surface area contributed by atoms with Gasteiger partial charge in [0.25, 0.3) is 0 Å². The van der Waals surface area contributed by atoms with Gasteiger partial charge >= 0.3 is 0 Å². The van der Waals surface area contributed by atoms with Crippen LogP contribution in [0, 0.1) is 0 Å². The zero-order chi connectivity index (χ0) is 12.9. The molecule has 1 amide bonds. The largest absolute Gasteiger partial charge is 0.339 e. The quantitative estimate of drug-likeness (QED) is 0.391. The Labute approximate surface area is 107 Å². The summed E-state index contributed by atoms with van der Waals surface area (Å²) < 4.78 is 0. The highest BCUT2D eigenvalue weighted by Gasteiger charge is 2.08. The molecule has 0 aromatic rings. The van der Waals surface area contributed by atoms with Gasteiger partial charge < -0.3 is 4.90 Å². The van der Waals surface area contributed by atoms with Crippen LogP contribution in [0.25, 0.3) is 0 Å². The van der Waals surface area contributed by atoms with Crippen LogP contribution < -0.4 is 0 Å². The first-order valence-electron chi connectivity index (χ1n) is 7.17. The number of hydrogen-bond acceptors (Lipinski definition) is 1. The molecule has 0 aliphatic rings. The third-order valence-corrected chi connectivity index (χ3v) is 3.05. The van der Waals surface area contributed by atoms with Crippen LogP contribution >= 0.6 is 0 Å². The van der Waals surface area contributed by atoms with E-state index in [1.165, 1.54) is 38.2 Å². The molecule has 0 unspecified atom stereocenters. The summed E-state index contributed by atoms with van der Waals surface area (Å²) in [6.45, 7) is 9.74. The number of rotatable bonds is 11. The minimum absolute atomic E-state index is 0.0898. The molecule has 0 fully saturated rings. The molecule has 2 nitrogen and oxygen atoms in total. The Morgan fingerprint density at radius 3 is 2.06 bits per heavy atom. The van der Waals surface area contributed by atoms with Crippen molar-refractivity contribution in [3.63, 3.8) is 0 Å². The molecule has 0 aromatic carbocycles. The molecule has 0 radical (unpaired) electrons. The van der Waals surface area contributed by atoms with Gasteiger partial charge in [0.2, 0.25) is 5.91 Å². The summed E-state index contributed by atoms with van der Waals surface area (Å²) >= 11 is 0. The molecular formula is C15H29NO. The van der Waals surface area contributed by atoms with Gasteiger partial charge in [0.05, 0.1) is 0 Å². The van der Waals surface area contributed by atoms with Crippen molar-refractivity contribution >= 4 is 5.91 Å². The molecule has 17 heavy (non-hydrogen) atoms. The molecular weight excluding hydrogens is 210 g/mol. The van der Waals surface area contributed by atoms with Crippen LogP contribution in [0.15, 0.2) is 12.7 Å². The minimum Gasteiger partial charge on any atom is -0.339 e. The average molecular weight is 239 g/mol. The Balaban J connectivity index is 3.68. The van der Waals surface area contributed by atoms with Gasteiger partial charge in [0.1, 0.15) is 0 Å². The molecule has 0 saturated carbocycles. The Bertz CT molecular complexity index is 201. The molecule has 0 heterocycles. The predicted molar refractivity (Wildman–Crippen MR) is 75.1 cm³/mol. The third kappa shape index (κ3) is 8.96. The number of carbonyl (C=O) groups excluding carboxylic acids is 1. The standard InChI is InChI=1S/C15H29NO/c1-4-7-9-10-11-12-14-16(13-8-5-2)15(17)6-3/h6H,3-5,7-14H2,1-2H3. The number of unbranched alkanes of at least 4 members (excludes halogenated alkanes) is 6. The molecule has 0 atom stereocenters. The monoisotopic (exact) mass is 239 g/mol. The van der Waals surface area contributed by atoms with E-state index in [1.54, 1.807) is 0 Å². The van der Waals surface area contributed by atoms with Crippen molar-refractivity contribution in [2.45, 2.75) is 65.2 Å². The van der Waals surface area contributed by atoms with Crippen molar-refractivity contribution in [2.24, 2.45) is 0 Å². The summed E-state index contributed by atoms with van der Waals surface area (Å²) in [4.78, 5) is 13.5. The van der Waals surface area contributed by atoms with E-state index in [0.717, 1.165) is 32.4 Å². The fourth-order valence-corrected chi connectivity index (χ4v) is 1.89. The molecule has 0 bridgehead atoms. The number of hydrogen-bond donors (Lipinski definition) is 0. The van der Waals surface area contributed by atoms with Crippen LogP contribution in [0.4, 0.5) is 0 Å². The molecule has 0 N–H and O–H groups in total. The smallest absolute Gasteiger partial charge is 0.245 e. The lowest BCUT2D eigenvalue weighted by Gasteiger charge is -2.20. The van der Waals surface area contributed by atoms with E-state index in [0.29, 0.717) is 0 Å². The van der Waals surface area contributed by atoms with Gasteiger partial charge in [0, 0.05) is 13.1 Å².